The minimum absolute atomic E-state index is 0.00161. The Kier molecular flexibility index (Phi) is 5.13. The van der Waals surface area contributed by atoms with Gasteiger partial charge in [-0.25, -0.2) is 0 Å². The van der Waals surface area contributed by atoms with E-state index in [2.05, 4.69) is 5.32 Å². The molecule has 0 saturated carbocycles. The van der Waals surface area contributed by atoms with Crippen molar-refractivity contribution in [1.29, 1.82) is 0 Å². The van der Waals surface area contributed by atoms with Gasteiger partial charge in [0, 0.05) is 6.54 Å². The standard InChI is InChI=1S/C14H18N2O5/c1-20-12-5-3-2-4-10(12)15-13(17)8-16-6-7-21-9-11(16)14(18)19/h2-5,11H,6-9H2,1H3,(H,15,17)(H,18,19). The fourth-order valence-electron chi connectivity index (χ4n) is 2.18. The van der Waals surface area contributed by atoms with Crippen molar-refractivity contribution in [1.82, 2.24) is 4.90 Å². The topological polar surface area (TPSA) is 88.1 Å². The number of hydrogen-bond donors (Lipinski definition) is 2. The summed E-state index contributed by atoms with van der Waals surface area (Å²) in [7, 11) is 1.52. The molecule has 114 valence electrons. The second-order valence-electron chi connectivity index (χ2n) is 4.65. The second-order valence-corrected chi connectivity index (χ2v) is 4.65. The molecule has 2 rings (SSSR count). The molecule has 21 heavy (non-hydrogen) atoms. The zero-order valence-electron chi connectivity index (χ0n) is 11.7. The Morgan fingerprint density at radius 3 is 2.95 bits per heavy atom. The third-order valence-corrected chi connectivity index (χ3v) is 3.25. The van der Waals surface area contributed by atoms with Crippen LogP contribution >= 0.6 is 0 Å². The minimum atomic E-state index is -0.986. The molecular formula is C14H18N2O5. The molecule has 1 aromatic rings. The van der Waals surface area contributed by atoms with Crippen molar-refractivity contribution >= 4 is 17.6 Å². The average Bonchev–Trinajstić information content (AvgIpc) is 2.48. The molecule has 1 saturated heterocycles. The second kappa shape index (κ2) is 7.05. The van der Waals surface area contributed by atoms with E-state index in [9.17, 15) is 9.59 Å². The number of carboxylic acid groups (broad SMARTS) is 1. The summed E-state index contributed by atoms with van der Waals surface area (Å²) < 4.78 is 10.3. The number of para-hydroxylation sites is 2. The number of nitrogens with zero attached hydrogens (tertiary/aromatic N) is 1. The van der Waals surface area contributed by atoms with Crippen LogP contribution in [0.1, 0.15) is 0 Å². The van der Waals surface area contributed by atoms with Gasteiger partial charge >= 0.3 is 5.97 Å². The molecule has 2 N–H and O–H groups in total. The number of hydrogen-bond acceptors (Lipinski definition) is 5. The van der Waals surface area contributed by atoms with Crippen molar-refractivity contribution in [3.63, 3.8) is 0 Å². The van der Waals surface area contributed by atoms with Crippen molar-refractivity contribution in [2.75, 3.05) is 38.7 Å². The highest BCUT2D eigenvalue weighted by atomic mass is 16.5. The molecule has 0 bridgehead atoms. The molecule has 0 spiro atoms. The van der Waals surface area contributed by atoms with Crippen molar-refractivity contribution in [3.05, 3.63) is 24.3 Å². The van der Waals surface area contributed by atoms with Gasteiger partial charge in [0.15, 0.2) is 0 Å². The van der Waals surface area contributed by atoms with Gasteiger partial charge in [-0.15, -0.1) is 0 Å². The van der Waals surface area contributed by atoms with Gasteiger partial charge in [0.2, 0.25) is 5.91 Å². The van der Waals surface area contributed by atoms with Crippen molar-refractivity contribution in [2.24, 2.45) is 0 Å². The van der Waals surface area contributed by atoms with Crippen molar-refractivity contribution < 1.29 is 24.2 Å². The lowest BCUT2D eigenvalue weighted by Gasteiger charge is -2.32. The molecule has 0 aliphatic carbocycles. The van der Waals surface area contributed by atoms with Crippen LogP contribution in [-0.4, -0.2) is 61.3 Å². The van der Waals surface area contributed by atoms with Crippen LogP contribution in [-0.2, 0) is 14.3 Å². The van der Waals surface area contributed by atoms with E-state index in [1.54, 1.807) is 29.2 Å². The van der Waals surface area contributed by atoms with Gasteiger partial charge in [-0.1, -0.05) is 12.1 Å². The number of carbonyl (C=O) groups excluding carboxylic acids is 1. The molecule has 0 radical (unpaired) electrons. The van der Waals surface area contributed by atoms with Crippen LogP contribution in [0.15, 0.2) is 24.3 Å². The summed E-state index contributed by atoms with van der Waals surface area (Å²) in [6, 6.07) is 6.26. The quantitative estimate of drug-likeness (QED) is 0.818. The van der Waals surface area contributed by atoms with E-state index < -0.39 is 12.0 Å². The fraction of sp³-hybridized carbons (Fsp3) is 0.429. The number of methoxy groups -OCH3 is 1. The molecule has 7 heteroatoms. The monoisotopic (exact) mass is 294 g/mol. The predicted octanol–water partition coefficient (Wildman–Crippen LogP) is 0.419. The third kappa shape index (κ3) is 3.93. The number of amides is 1. The molecule has 1 fully saturated rings. The highest BCUT2D eigenvalue weighted by Gasteiger charge is 2.30. The first-order chi connectivity index (χ1) is 10.1. The Hall–Kier alpha value is -2.12. The zero-order valence-corrected chi connectivity index (χ0v) is 11.7. The maximum Gasteiger partial charge on any atom is 0.323 e. The van der Waals surface area contributed by atoms with Gasteiger partial charge in [-0.05, 0) is 12.1 Å². The first-order valence-electron chi connectivity index (χ1n) is 6.59. The number of rotatable bonds is 5. The highest BCUT2D eigenvalue weighted by molar-refractivity contribution is 5.94. The number of anilines is 1. The summed E-state index contributed by atoms with van der Waals surface area (Å²) in [6.07, 6.45) is 0. The van der Waals surface area contributed by atoms with E-state index >= 15 is 0 Å². The molecular weight excluding hydrogens is 276 g/mol. The average molecular weight is 294 g/mol. The number of morpholine rings is 1. The van der Waals surface area contributed by atoms with E-state index in [4.69, 9.17) is 14.6 Å². The Bertz CT molecular complexity index is 520. The van der Waals surface area contributed by atoms with Crippen molar-refractivity contribution in [2.45, 2.75) is 6.04 Å². The Morgan fingerprint density at radius 2 is 2.24 bits per heavy atom. The summed E-state index contributed by atoms with van der Waals surface area (Å²) in [4.78, 5) is 24.8. The van der Waals surface area contributed by atoms with Gasteiger partial charge in [0.05, 0.1) is 32.6 Å². The largest absolute Gasteiger partial charge is 0.495 e. The number of benzene rings is 1. The lowest BCUT2D eigenvalue weighted by Crippen LogP contribution is -2.52. The van der Waals surface area contributed by atoms with Gasteiger partial charge in [-0.2, -0.15) is 0 Å². The van der Waals surface area contributed by atoms with E-state index in [0.29, 0.717) is 24.6 Å². The van der Waals surface area contributed by atoms with Crippen LogP contribution in [0.2, 0.25) is 0 Å². The molecule has 1 aliphatic rings. The molecule has 1 aromatic carbocycles. The smallest absolute Gasteiger partial charge is 0.323 e. The normalized spacial score (nSPS) is 19.0. The van der Waals surface area contributed by atoms with E-state index in [-0.39, 0.29) is 19.1 Å². The Morgan fingerprint density at radius 1 is 1.48 bits per heavy atom. The molecule has 1 aliphatic heterocycles. The molecule has 1 unspecified atom stereocenters. The first kappa shape index (κ1) is 15.3. The van der Waals surface area contributed by atoms with Gasteiger partial charge < -0.3 is 19.9 Å². The summed E-state index contributed by atoms with van der Waals surface area (Å²) in [6.45, 7) is 0.928. The third-order valence-electron chi connectivity index (χ3n) is 3.25. The molecule has 0 aromatic heterocycles. The molecule has 7 nitrogen and oxygen atoms in total. The summed E-state index contributed by atoms with van der Waals surface area (Å²) in [5, 5.41) is 11.8. The zero-order chi connectivity index (χ0) is 15.2. The lowest BCUT2D eigenvalue weighted by atomic mass is 10.2. The number of carboxylic acids is 1. The summed E-state index contributed by atoms with van der Waals surface area (Å²) in [5.41, 5.74) is 0.560. The van der Waals surface area contributed by atoms with E-state index in [0.717, 1.165) is 0 Å². The van der Waals surface area contributed by atoms with Crippen LogP contribution in [0.5, 0.6) is 5.75 Å². The molecule has 1 amide bonds. The maximum absolute atomic E-state index is 12.1. The van der Waals surface area contributed by atoms with Crippen LogP contribution in [0.4, 0.5) is 5.69 Å². The lowest BCUT2D eigenvalue weighted by molar-refractivity contribution is -0.150. The van der Waals surface area contributed by atoms with Crippen LogP contribution in [0.3, 0.4) is 0 Å². The van der Waals surface area contributed by atoms with Crippen molar-refractivity contribution in [3.8, 4) is 5.75 Å². The fourth-order valence-corrected chi connectivity index (χ4v) is 2.18. The first-order valence-corrected chi connectivity index (χ1v) is 6.59. The number of carbonyl (C=O) groups is 2. The Labute approximate surface area is 122 Å². The molecule has 1 heterocycles. The Balaban J connectivity index is 1.99. The van der Waals surface area contributed by atoms with Crippen LogP contribution in [0, 0.1) is 0 Å². The molecule has 1 atom stereocenters. The van der Waals surface area contributed by atoms with E-state index in [1.165, 1.54) is 7.11 Å². The van der Waals surface area contributed by atoms with Crippen LogP contribution in [0.25, 0.3) is 0 Å². The SMILES string of the molecule is COc1ccccc1NC(=O)CN1CCOCC1C(=O)O. The van der Waals surface area contributed by atoms with Crippen LogP contribution < -0.4 is 10.1 Å². The summed E-state index contributed by atoms with van der Waals surface area (Å²) >= 11 is 0. The van der Waals surface area contributed by atoms with Gasteiger partial charge in [0.1, 0.15) is 11.8 Å². The predicted molar refractivity (Wildman–Crippen MR) is 75.4 cm³/mol. The number of aliphatic carboxylic acids is 1. The van der Waals surface area contributed by atoms with Gasteiger partial charge in [0.25, 0.3) is 0 Å². The maximum atomic E-state index is 12.1. The van der Waals surface area contributed by atoms with Gasteiger partial charge in [-0.3, -0.25) is 14.5 Å². The summed E-state index contributed by atoms with van der Waals surface area (Å²) in [5.74, 6) is -0.713. The number of nitrogens with one attached hydrogen (secondary N) is 1. The van der Waals surface area contributed by atoms with E-state index in [1.807, 2.05) is 0 Å². The number of ether oxygens (including phenoxy) is 2. The highest BCUT2D eigenvalue weighted by Crippen LogP contribution is 2.23. The minimum Gasteiger partial charge on any atom is -0.495 e.